The van der Waals surface area contributed by atoms with Crippen molar-refractivity contribution in [3.05, 3.63) is 54.4 Å². The Morgan fingerprint density at radius 3 is 2.41 bits per heavy atom. The lowest BCUT2D eigenvalue weighted by molar-refractivity contribution is -0.132. The maximum absolute atomic E-state index is 13.3. The fourth-order valence-electron chi connectivity index (χ4n) is 4.14. The fourth-order valence-corrected chi connectivity index (χ4v) is 4.14. The number of nitrogens with zero attached hydrogens (tertiary/aromatic N) is 2. The molecule has 2 N–H and O–H groups in total. The summed E-state index contributed by atoms with van der Waals surface area (Å²) in [6.07, 6.45) is 7.17. The average molecular weight is 391 g/mol. The quantitative estimate of drug-likeness (QED) is 0.762. The first-order valence-electron chi connectivity index (χ1n) is 9.71. The molecule has 1 aromatic heterocycles. The summed E-state index contributed by atoms with van der Waals surface area (Å²) in [4.78, 5) is 13.3. The molecule has 1 aliphatic heterocycles. The summed E-state index contributed by atoms with van der Waals surface area (Å²) < 4.78 is 1.85. The number of benzene rings is 1. The van der Waals surface area contributed by atoms with E-state index in [0.717, 1.165) is 38.8 Å². The van der Waals surface area contributed by atoms with Crippen molar-refractivity contribution in [2.45, 2.75) is 50.5 Å². The smallest absolute Gasteiger partial charge is 0.248 e. The number of nitrogens with one attached hydrogen (secondary N) is 2. The van der Waals surface area contributed by atoms with Gasteiger partial charge in [-0.3, -0.25) is 9.48 Å². The van der Waals surface area contributed by atoms with Crippen LogP contribution in [0.3, 0.4) is 0 Å². The zero-order valence-corrected chi connectivity index (χ0v) is 17.1. The molecule has 6 heteroatoms. The van der Waals surface area contributed by atoms with Gasteiger partial charge in [-0.15, -0.1) is 12.4 Å². The Bertz CT molecular complexity index is 692. The first-order chi connectivity index (χ1) is 12.7. The summed E-state index contributed by atoms with van der Waals surface area (Å²) in [5.41, 5.74) is 0.678. The number of hydrogen-bond donors (Lipinski definition) is 2. The molecule has 0 radical (unpaired) electrons. The van der Waals surface area contributed by atoms with Crippen molar-refractivity contribution in [3.63, 3.8) is 0 Å². The van der Waals surface area contributed by atoms with Crippen molar-refractivity contribution < 1.29 is 4.79 Å². The lowest BCUT2D eigenvalue weighted by Gasteiger charge is -2.39. The largest absolute Gasteiger partial charge is 0.353 e. The Morgan fingerprint density at radius 1 is 1.19 bits per heavy atom. The second-order valence-electron chi connectivity index (χ2n) is 7.27. The van der Waals surface area contributed by atoms with E-state index in [2.05, 4.69) is 53.8 Å². The number of aromatic nitrogens is 2. The van der Waals surface area contributed by atoms with Gasteiger partial charge in [-0.2, -0.15) is 5.10 Å². The van der Waals surface area contributed by atoms with Gasteiger partial charge in [0.25, 0.3) is 0 Å². The van der Waals surface area contributed by atoms with Crippen LogP contribution in [0.2, 0.25) is 0 Å². The summed E-state index contributed by atoms with van der Waals surface area (Å²) in [5.74, 6) is 0.0879. The highest BCUT2D eigenvalue weighted by Crippen LogP contribution is 2.32. The molecule has 0 saturated carbocycles. The Labute approximate surface area is 168 Å². The van der Waals surface area contributed by atoms with E-state index >= 15 is 0 Å². The second kappa shape index (κ2) is 9.38. The average Bonchev–Trinajstić information content (AvgIpc) is 3.26. The van der Waals surface area contributed by atoms with E-state index in [0.29, 0.717) is 6.54 Å². The number of hydrogen-bond acceptors (Lipinski definition) is 3. The summed E-state index contributed by atoms with van der Waals surface area (Å²) in [6, 6.07) is 12.4. The van der Waals surface area contributed by atoms with E-state index in [1.54, 1.807) is 6.20 Å². The molecule has 27 heavy (non-hydrogen) atoms. The molecule has 1 amide bonds. The molecule has 0 spiro atoms. The van der Waals surface area contributed by atoms with Crippen LogP contribution in [0.25, 0.3) is 0 Å². The summed E-state index contributed by atoms with van der Waals surface area (Å²) in [7, 11) is 0. The molecule has 148 valence electrons. The Hall–Kier alpha value is -1.85. The summed E-state index contributed by atoms with van der Waals surface area (Å²) in [5, 5.41) is 11.1. The molecule has 0 unspecified atom stereocenters. The standard InChI is InChI=1S/C21H30N4O.ClH/c1-3-20(4-2,18-9-6-5-7-10-18)17-23-19(26)21(11-14-22-15-12-21)25-16-8-13-24-25;/h5-10,13,16,22H,3-4,11-12,14-15,17H2,1-2H3,(H,23,26);1H. The van der Waals surface area contributed by atoms with Gasteiger partial charge in [-0.05, 0) is 50.4 Å². The van der Waals surface area contributed by atoms with Gasteiger partial charge in [0.1, 0.15) is 5.54 Å². The SMILES string of the molecule is CCC(CC)(CNC(=O)C1(n2cccn2)CCNCC1)c1ccccc1.Cl. The van der Waals surface area contributed by atoms with Gasteiger partial charge in [0.15, 0.2) is 0 Å². The first-order valence-corrected chi connectivity index (χ1v) is 9.71. The van der Waals surface area contributed by atoms with E-state index in [1.807, 2.05) is 23.0 Å². The normalized spacial score (nSPS) is 16.4. The van der Waals surface area contributed by atoms with Gasteiger partial charge in [-0.1, -0.05) is 44.2 Å². The number of amides is 1. The van der Waals surface area contributed by atoms with Crippen LogP contribution in [0.15, 0.2) is 48.8 Å². The van der Waals surface area contributed by atoms with Gasteiger partial charge in [0.2, 0.25) is 5.91 Å². The highest BCUT2D eigenvalue weighted by atomic mass is 35.5. The minimum atomic E-state index is -0.585. The molecule has 2 heterocycles. The Balaban J connectivity index is 0.00000261. The van der Waals surface area contributed by atoms with Crippen molar-refractivity contribution >= 4 is 18.3 Å². The fraction of sp³-hybridized carbons (Fsp3) is 0.524. The number of rotatable bonds is 7. The van der Waals surface area contributed by atoms with Crippen molar-refractivity contribution in [1.82, 2.24) is 20.4 Å². The molecule has 0 bridgehead atoms. The Morgan fingerprint density at radius 2 is 1.85 bits per heavy atom. The van der Waals surface area contributed by atoms with Crippen molar-refractivity contribution in [1.29, 1.82) is 0 Å². The van der Waals surface area contributed by atoms with E-state index in [1.165, 1.54) is 5.56 Å². The van der Waals surface area contributed by atoms with Gasteiger partial charge < -0.3 is 10.6 Å². The van der Waals surface area contributed by atoms with E-state index in [9.17, 15) is 4.79 Å². The molecule has 1 saturated heterocycles. The molecule has 0 aliphatic carbocycles. The lowest BCUT2D eigenvalue weighted by atomic mass is 9.75. The molecule has 1 fully saturated rings. The topological polar surface area (TPSA) is 59.0 Å². The molecule has 0 atom stereocenters. The third-order valence-corrected chi connectivity index (χ3v) is 6.12. The molecule has 3 rings (SSSR count). The van der Waals surface area contributed by atoms with Crippen LogP contribution in [-0.4, -0.2) is 35.3 Å². The van der Waals surface area contributed by atoms with Gasteiger partial charge in [0, 0.05) is 24.4 Å². The highest BCUT2D eigenvalue weighted by Gasteiger charge is 2.42. The van der Waals surface area contributed by atoms with Crippen molar-refractivity contribution in [2.24, 2.45) is 0 Å². The number of halogens is 1. The predicted molar refractivity (Wildman–Crippen MR) is 111 cm³/mol. The molecule has 1 aliphatic rings. The van der Waals surface area contributed by atoms with Crippen LogP contribution in [0.5, 0.6) is 0 Å². The van der Waals surface area contributed by atoms with Crippen molar-refractivity contribution in [2.75, 3.05) is 19.6 Å². The minimum absolute atomic E-state index is 0. The predicted octanol–water partition coefficient (Wildman–Crippen LogP) is 3.26. The Kier molecular flexibility index (Phi) is 7.45. The minimum Gasteiger partial charge on any atom is -0.353 e. The van der Waals surface area contributed by atoms with Crippen LogP contribution in [0.4, 0.5) is 0 Å². The zero-order valence-electron chi connectivity index (χ0n) is 16.3. The van der Waals surface area contributed by atoms with E-state index < -0.39 is 5.54 Å². The van der Waals surface area contributed by atoms with Crippen LogP contribution in [0.1, 0.15) is 45.1 Å². The maximum atomic E-state index is 13.3. The van der Waals surface area contributed by atoms with Gasteiger partial charge in [-0.25, -0.2) is 0 Å². The van der Waals surface area contributed by atoms with Crippen LogP contribution < -0.4 is 10.6 Å². The van der Waals surface area contributed by atoms with E-state index in [-0.39, 0.29) is 23.7 Å². The first kappa shape index (κ1) is 21.5. The summed E-state index contributed by atoms with van der Waals surface area (Å²) >= 11 is 0. The lowest BCUT2D eigenvalue weighted by Crippen LogP contribution is -2.56. The monoisotopic (exact) mass is 390 g/mol. The third kappa shape index (κ3) is 4.19. The molecular weight excluding hydrogens is 360 g/mol. The number of carbonyl (C=O) groups excluding carboxylic acids is 1. The summed E-state index contributed by atoms with van der Waals surface area (Å²) in [6.45, 7) is 6.73. The van der Waals surface area contributed by atoms with Gasteiger partial charge >= 0.3 is 0 Å². The third-order valence-electron chi connectivity index (χ3n) is 6.12. The zero-order chi connectivity index (χ0) is 18.5. The van der Waals surface area contributed by atoms with E-state index in [4.69, 9.17) is 0 Å². The van der Waals surface area contributed by atoms with Gasteiger partial charge in [0.05, 0.1) is 0 Å². The second-order valence-corrected chi connectivity index (χ2v) is 7.27. The molecular formula is C21H31ClN4O. The highest BCUT2D eigenvalue weighted by molar-refractivity contribution is 5.85. The number of piperidine rings is 1. The molecule has 5 nitrogen and oxygen atoms in total. The van der Waals surface area contributed by atoms with Crippen molar-refractivity contribution in [3.8, 4) is 0 Å². The number of carbonyl (C=O) groups is 1. The maximum Gasteiger partial charge on any atom is 0.248 e. The van der Waals surface area contributed by atoms with Crippen LogP contribution in [0, 0.1) is 0 Å². The van der Waals surface area contributed by atoms with Crippen LogP contribution >= 0.6 is 12.4 Å². The van der Waals surface area contributed by atoms with Crippen LogP contribution in [-0.2, 0) is 15.7 Å². The molecule has 1 aromatic carbocycles. The molecule has 2 aromatic rings.